The van der Waals surface area contributed by atoms with Crippen molar-refractivity contribution in [1.82, 2.24) is 4.31 Å². The first-order chi connectivity index (χ1) is 10.3. The molecule has 118 valence electrons. The molecule has 0 spiro atoms. The number of carbonyl (C=O) groups excluding carboxylic acids is 1. The largest absolute Gasteiger partial charge is 0.468 e. The summed E-state index contributed by atoms with van der Waals surface area (Å²) in [4.78, 5) is 12.0. The first kappa shape index (κ1) is 16.5. The number of halogens is 1. The average molecular weight is 343 g/mol. The highest BCUT2D eigenvalue weighted by Crippen LogP contribution is 2.15. The van der Waals surface area contributed by atoms with Gasteiger partial charge in [0.25, 0.3) is 0 Å². The van der Waals surface area contributed by atoms with Crippen LogP contribution >= 0.6 is 11.6 Å². The van der Waals surface area contributed by atoms with E-state index in [-0.39, 0.29) is 13.1 Å². The lowest BCUT2D eigenvalue weighted by Gasteiger charge is -2.18. The predicted octanol–water partition coefficient (Wildman–Crippen LogP) is 2.33. The van der Waals surface area contributed by atoms with Gasteiger partial charge in [-0.05, 0) is 30.3 Å². The first-order valence-corrected chi connectivity index (χ1v) is 8.60. The molecule has 2 rings (SSSR count). The molecule has 22 heavy (non-hydrogen) atoms. The summed E-state index contributed by atoms with van der Waals surface area (Å²) in [6, 6.07) is 9.92. The van der Waals surface area contributed by atoms with Crippen molar-refractivity contribution in [2.75, 3.05) is 18.1 Å². The van der Waals surface area contributed by atoms with Gasteiger partial charge in [-0.1, -0.05) is 17.7 Å². The van der Waals surface area contributed by atoms with E-state index >= 15 is 0 Å². The minimum absolute atomic E-state index is 0.00516. The average Bonchev–Trinajstić information content (AvgIpc) is 2.89. The van der Waals surface area contributed by atoms with Crippen molar-refractivity contribution < 1.29 is 17.6 Å². The fraction of sp³-hybridized carbons (Fsp3) is 0.214. The topological polar surface area (TPSA) is 79.6 Å². The van der Waals surface area contributed by atoms with Gasteiger partial charge in [0, 0.05) is 10.7 Å². The Labute approximate surface area is 133 Å². The number of amides is 1. The van der Waals surface area contributed by atoms with Crippen molar-refractivity contribution in [2.24, 2.45) is 0 Å². The number of furan rings is 1. The van der Waals surface area contributed by atoms with Crippen molar-refractivity contribution in [3.8, 4) is 0 Å². The summed E-state index contributed by atoms with van der Waals surface area (Å²) in [5.41, 5.74) is 0.504. The Kier molecular flexibility index (Phi) is 5.23. The molecule has 0 fully saturated rings. The van der Waals surface area contributed by atoms with Crippen LogP contribution in [-0.4, -0.2) is 31.4 Å². The van der Waals surface area contributed by atoms with E-state index in [1.54, 1.807) is 36.4 Å². The minimum Gasteiger partial charge on any atom is -0.468 e. The van der Waals surface area contributed by atoms with Gasteiger partial charge in [-0.15, -0.1) is 0 Å². The van der Waals surface area contributed by atoms with Gasteiger partial charge < -0.3 is 9.73 Å². The van der Waals surface area contributed by atoms with Crippen LogP contribution in [0.1, 0.15) is 5.76 Å². The first-order valence-electron chi connectivity index (χ1n) is 6.37. The number of nitrogens with one attached hydrogen (secondary N) is 1. The monoisotopic (exact) mass is 342 g/mol. The molecule has 0 aliphatic rings. The van der Waals surface area contributed by atoms with Gasteiger partial charge in [0.15, 0.2) is 0 Å². The van der Waals surface area contributed by atoms with E-state index in [1.807, 2.05) is 0 Å². The molecule has 0 saturated heterocycles. The normalized spacial score (nSPS) is 11.6. The van der Waals surface area contributed by atoms with Crippen LogP contribution in [0.15, 0.2) is 47.1 Å². The van der Waals surface area contributed by atoms with Gasteiger partial charge in [0.05, 0.1) is 25.6 Å². The summed E-state index contributed by atoms with van der Waals surface area (Å²) in [5.74, 6) is 0.000211. The second kappa shape index (κ2) is 6.95. The molecule has 1 heterocycles. The number of hydrogen-bond acceptors (Lipinski definition) is 4. The number of carbonyl (C=O) groups is 1. The maximum absolute atomic E-state index is 12.0. The third-order valence-electron chi connectivity index (χ3n) is 2.81. The molecule has 1 amide bonds. The van der Waals surface area contributed by atoms with Gasteiger partial charge in [-0.25, -0.2) is 8.42 Å². The minimum atomic E-state index is -3.55. The highest BCUT2D eigenvalue weighted by Gasteiger charge is 2.21. The SMILES string of the molecule is CS(=O)(=O)N(CC(=O)Nc1cccc(Cl)c1)Cc1ccco1. The summed E-state index contributed by atoms with van der Waals surface area (Å²) in [7, 11) is -3.55. The summed E-state index contributed by atoms with van der Waals surface area (Å²) in [6.07, 6.45) is 2.49. The molecule has 1 aromatic carbocycles. The number of rotatable bonds is 6. The van der Waals surface area contributed by atoms with Crippen LogP contribution in [0.4, 0.5) is 5.69 Å². The third-order valence-corrected chi connectivity index (χ3v) is 4.24. The zero-order chi connectivity index (χ0) is 16.2. The maximum Gasteiger partial charge on any atom is 0.239 e. The van der Waals surface area contributed by atoms with Gasteiger partial charge >= 0.3 is 0 Å². The summed E-state index contributed by atoms with van der Waals surface area (Å²) < 4.78 is 29.7. The van der Waals surface area contributed by atoms with Crippen LogP contribution in [0.25, 0.3) is 0 Å². The van der Waals surface area contributed by atoms with E-state index in [0.29, 0.717) is 16.5 Å². The van der Waals surface area contributed by atoms with Crippen LogP contribution in [-0.2, 0) is 21.4 Å². The molecule has 0 bridgehead atoms. The zero-order valence-electron chi connectivity index (χ0n) is 11.8. The fourth-order valence-electron chi connectivity index (χ4n) is 1.79. The van der Waals surface area contributed by atoms with E-state index in [9.17, 15) is 13.2 Å². The summed E-state index contributed by atoms with van der Waals surface area (Å²) >= 11 is 5.83. The molecule has 1 N–H and O–H groups in total. The lowest BCUT2D eigenvalue weighted by Crippen LogP contribution is -2.36. The summed E-state index contributed by atoms with van der Waals surface area (Å²) in [5, 5.41) is 3.08. The molecule has 0 aliphatic heterocycles. The van der Waals surface area contributed by atoms with Crippen LogP contribution in [0.2, 0.25) is 5.02 Å². The number of sulfonamides is 1. The van der Waals surface area contributed by atoms with Gasteiger partial charge in [0.1, 0.15) is 5.76 Å². The van der Waals surface area contributed by atoms with Gasteiger partial charge in [-0.2, -0.15) is 4.31 Å². The standard InChI is InChI=1S/C14H15ClN2O4S/c1-22(19,20)17(9-13-6-3-7-21-13)10-14(18)16-12-5-2-4-11(15)8-12/h2-8H,9-10H2,1H3,(H,16,18). The highest BCUT2D eigenvalue weighted by molar-refractivity contribution is 7.88. The van der Waals surface area contributed by atoms with Crippen molar-refractivity contribution >= 4 is 33.2 Å². The molecule has 0 saturated carbocycles. The smallest absolute Gasteiger partial charge is 0.239 e. The number of benzene rings is 1. The van der Waals surface area contributed by atoms with Crippen molar-refractivity contribution in [3.63, 3.8) is 0 Å². The number of nitrogens with zero attached hydrogens (tertiary/aromatic N) is 1. The van der Waals surface area contributed by atoms with Crippen molar-refractivity contribution in [3.05, 3.63) is 53.4 Å². The highest BCUT2D eigenvalue weighted by atomic mass is 35.5. The zero-order valence-corrected chi connectivity index (χ0v) is 13.4. The molecule has 2 aromatic rings. The van der Waals surface area contributed by atoms with Crippen LogP contribution in [0.5, 0.6) is 0 Å². The van der Waals surface area contributed by atoms with Crippen molar-refractivity contribution in [1.29, 1.82) is 0 Å². The lowest BCUT2D eigenvalue weighted by atomic mass is 10.3. The Bertz CT molecular complexity index is 744. The van der Waals surface area contributed by atoms with E-state index in [0.717, 1.165) is 10.6 Å². The molecule has 6 nitrogen and oxygen atoms in total. The Hall–Kier alpha value is -1.83. The third kappa shape index (κ3) is 4.87. The Balaban J connectivity index is 2.05. The van der Waals surface area contributed by atoms with Gasteiger partial charge in [0.2, 0.25) is 15.9 Å². The fourth-order valence-corrected chi connectivity index (χ4v) is 2.70. The van der Waals surface area contributed by atoms with Gasteiger partial charge in [-0.3, -0.25) is 4.79 Å². The van der Waals surface area contributed by atoms with Crippen LogP contribution < -0.4 is 5.32 Å². The molecular weight excluding hydrogens is 328 g/mol. The lowest BCUT2D eigenvalue weighted by molar-refractivity contribution is -0.116. The Morgan fingerprint density at radius 1 is 1.32 bits per heavy atom. The number of hydrogen-bond donors (Lipinski definition) is 1. The second-order valence-corrected chi connectivity index (χ2v) is 7.09. The Morgan fingerprint density at radius 3 is 2.68 bits per heavy atom. The molecular formula is C14H15ClN2O4S. The molecule has 0 atom stereocenters. The molecule has 0 radical (unpaired) electrons. The predicted molar refractivity (Wildman–Crippen MR) is 84.0 cm³/mol. The maximum atomic E-state index is 12.0. The molecule has 0 aliphatic carbocycles. The van der Waals surface area contributed by atoms with E-state index in [2.05, 4.69) is 5.32 Å². The molecule has 8 heteroatoms. The summed E-state index contributed by atoms with van der Waals surface area (Å²) in [6.45, 7) is -0.319. The molecule has 1 aromatic heterocycles. The second-order valence-electron chi connectivity index (χ2n) is 4.67. The quantitative estimate of drug-likeness (QED) is 0.873. The van der Waals surface area contributed by atoms with Crippen LogP contribution in [0, 0.1) is 0 Å². The van der Waals surface area contributed by atoms with E-state index in [4.69, 9.17) is 16.0 Å². The number of anilines is 1. The van der Waals surface area contributed by atoms with E-state index in [1.165, 1.54) is 6.26 Å². The Morgan fingerprint density at radius 2 is 2.09 bits per heavy atom. The van der Waals surface area contributed by atoms with Crippen molar-refractivity contribution in [2.45, 2.75) is 6.54 Å². The van der Waals surface area contributed by atoms with E-state index < -0.39 is 15.9 Å². The van der Waals surface area contributed by atoms with Crippen LogP contribution in [0.3, 0.4) is 0 Å². The molecule has 0 unspecified atom stereocenters.